The Balaban J connectivity index is 3.87. The first kappa shape index (κ1) is 10.1. The summed E-state index contributed by atoms with van der Waals surface area (Å²) in [5.74, 6) is -0.327. The molecule has 0 saturated carbocycles. The van der Waals surface area contributed by atoms with Crippen LogP contribution in [-0.2, 0) is 10.1 Å². The lowest BCUT2D eigenvalue weighted by molar-refractivity contribution is 0.483. The highest BCUT2D eigenvalue weighted by Gasteiger charge is 2.00. The van der Waals surface area contributed by atoms with E-state index in [9.17, 15) is 8.42 Å². The van der Waals surface area contributed by atoms with Gasteiger partial charge in [0.15, 0.2) is 0 Å². The molecule has 0 aromatic carbocycles. The van der Waals surface area contributed by atoms with Gasteiger partial charge in [-0.1, -0.05) is 6.08 Å². The second-order valence-corrected chi connectivity index (χ2v) is 3.65. The van der Waals surface area contributed by atoms with Crippen LogP contribution in [0.15, 0.2) is 11.6 Å². The third kappa shape index (κ3) is 7.03. The summed E-state index contributed by atoms with van der Waals surface area (Å²) in [6.45, 7) is 1.57. The molecule has 11 heavy (non-hydrogen) atoms. The summed E-state index contributed by atoms with van der Waals surface area (Å²) >= 11 is 0. The molecule has 1 N–H and O–H groups in total. The van der Waals surface area contributed by atoms with Crippen molar-refractivity contribution in [2.75, 3.05) is 5.75 Å². The molecule has 0 bridgehead atoms. The first-order valence-corrected chi connectivity index (χ1v) is 4.58. The van der Waals surface area contributed by atoms with Gasteiger partial charge in [-0.2, -0.15) is 13.7 Å². The van der Waals surface area contributed by atoms with E-state index in [2.05, 4.69) is 0 Å². The van der Waals surface area contributed by atoms with Crippen LogP contribution in [0.1, 0.15) is 13.3 Å². The zero-order valence-corrected chi connectivity index (χ0v) is 6.93. The van der Waals surface area contributed by atoms with E-state index in [0.29, 0.717) is 5.57 Å². The SMILES string of the molecule is CC(C#N)=CCCS(=O)(=O)O. The first-order valence-electron chi connectivity index (χ1n) is 2.98. The van der Waals surface area contributed by atoms with E-state index in [4.69, 9.17) is 9.81 Å². The molecule has 0 heterocycles. The molecule has 0 aliphatic heterocycles. The van der Waals surface area contributed by atoms with Crippen LogP contribution in [0.2, 0.25) is 0 Å². The standard InChI is InChI=1S/C6H9NO3S/c1-6(5-7)3-2-4-11(8,9)10/h3H,2,4H2,1H3,(H,8,9,10). The third-order valence-corrected chi connectivity index (χ3v) is 1.75. The highest BCUT2D eigenvalue weighted by atomic mass is 32.2. The predicted molar refractivity (Wildman–Crippen MR) is 40.4 cm³/mol. The summed E-state index contributed by atoms with van der Waals surface area (Å²) in [6.07, 6.45) is 1.64. The number of hydrogen-bond acceptors (Lipinski definition) is 3. The Labute approximate surface area is 65.9 Å². The normalized spacial score (nSPS) is 12.6. The fourth-order valence-corrected chi connectivity index (χ4v) is 0.886. The molecule has 0 rings (SSSR count). The van der Waals surface area contributed by atoms with Gasteiger partial charge >= 0.3 is 0 Å². The smallest absolute Gasteiger partial charge is 0.265 e. The lowest BCUT2D eigenvalue weighted by Gasteiger charge is -1.90. The van der Waals surface area contributed by atoms with Crippen molar-refractivity contribution >= 4 is 10.1 Å². The number of nitrogens with zero attached hydrogens (tertiary/aromatic N) is 1. The Kier molecular flexibility index (Phi) is 3.79. The fourth-order valence-electron chi connectivity index (χ4n) is 0.470. The van der Waals surface area contributed by atoms with Gasteiger partial charge in [0, 0.05) is 5.57 Å². The highest BCUT2D eigenvalue weighted by molar-refractivity contribution is 7.85. The minimum absolute atomic E-state index is 0.179. The fraction of sp³-hybridized carbons (Fsp3) is 0.500. The molecule has 0 aliphatic rings. The summed E-state index contributed by atoms with van der Waals surface area (Å²) < 4.78 is 28.6. The monoisotopic (exact) mass is 175 g/mol. The summed E-state index contributed by atoms with van der Waals surface area (Å²) in [5.41, 5.74) is 0.452. The van der Waals surface area contributed by atoms with E-state index in [0.717, 1.165) is 0 Å². The van der Waals surface area contributed by atoms with Crippen molar-refractivity contribution in [3.63, 3.8) is 0 Å². The van der Waals surface area contributed by atoms with E-state index in [1.54, 1.807) is 6.92 Å². The Bertz CT molecular complexity index is 283. The van der Waals surface area contributed by atoms with Crippen molar-refractivity contribution in [1.29, 1.82) is 5.26 Å². The van der Waals surface area contributed by atoms with Crippen LogP contribution in [0.5, 0.6) is 0 Å². The first-order chi connectivity index (χ1) is 4.95. The maximum atomic E-state index is 10.1. The van der Waals surface area contributed by atoms with Crippen molar-refractivity contribution in [2.45, 2.75) is 13.3 Å². The van der Waals surface area contributed by atoms with Crippen LogP contribution in [0, 0.1) is 11.3 Å². The summed E-state index contributed by atoms with van der Waals surface area (Å²) in [6, 6.07) is 1.84. The Morgan fingerprint density at radius 3 is 2.64 bits per heavy atom. The van der Waals surface area contributed by atoms with Gasteiger partial charge in [-0.3, -0.25) is 4.55 Å². The lowest BCUT2D eigenvalue weighted by atomic mass is 10.3. The second kappa shape index (κ2) is 4.11. The molecule has 0 fully saturated rings. The van der Waals surface area contributed by atoms with Gasteiger partial charge in [0.25, 0.3) is 10.1 Å². The predicted octanol–water partition coefficient (Wildman–Crippen LogP) is 0.734. The number of nitriles is 1. The summed E-state index contributed by atoms with van der Waals surface area (Å²) in [7, 11) is -3.88. The molecule has 0 amide bonds. The summed E-state index contributed by atoms with van der Waals surface area (Å²) in [4.78, 5) is 0. The van der Waals surface area contributed by atoms with Gasteiger partial charge in [-0.25, -0.2) is 0 Å². The van der Waals surface area contributed by atoms with Gasteiger partial charge in [-0.15, -0.1) is 0 Å². The van der Waals surface area contributed by atoms with E-state index in [1.165, 1.54) is 6.08 Å². The van der Waals surface area contributed by atoms with E-state index >= 15 is 0 Å². The van der Waals surface area contributed by atoms with Gasteiger partial charge in [0.2, 0.25) is 0 Å². The molecule has 4 nitrogen and oxygen atoms in total. The molecule has 0 unspecified atom stereocenters. The molecule has 0 aliphatic carbocycles. The van der Waals surface area contributed by atoms with Crippen LogP contribution in [0.3, 0.4) is 0 Å². The Morgan fingerprint density at radius 2 is 2.27 bits per heavy atom. The van der Waals surface area contributed by atoms with Crippen molar-refractivity contribution < 1.29 is 13.0 Å². The zero-order chi connectivity index (χ0) is 8.91. The molecule has 0 saturated heterocycles. The molecule has 0 radical (unpaired) electrons. The molecule has 62 valence electrons. The van der Waals surface area contributed by atoms with Crippen LogP contribution in [0.25, 0.3) is 0 Å². The van der Waals surface area contributed by atoms with Crippen molar-refractivity contribution in [2.24, 2.45) is 0 Å². The van der Waals surface area contributed by atoms with Crippen LogP contribution in [-0.4, -0.2) is 18.7 Å². The molecular weight excluding hydrogens is 166 g/mol. The lowest BCUT2D eigenvalue weighted by Crippen LogP contribution is -2.02. The molecule has 0 aromatic heterocycles. The van der Waals surface area contributed by atoms with Gasteiger partial charge in [0.05, 0.1) is 11.8 Å². The minimum atomic E-state index is -3.88. The van der Waals surface area contributed by atoms with Gasteiger partial charge in [0.1, 0.15) is 0 Å². The van der Waals surface area contributed by atoms with E-state index in [-0.39, 0.29) is 12.2 Å². The molecule has 5 heteroatoms. The topological polar surface area (TPSA) is 78.2 Å². The van der Waals surface area contributed by atoms with Crippen molar-refractivity contribution in [1.82, 2.24) is 0 Å². The van der Waals surface area contributed by atoms with Crippen molar-refractivity contribution in [3.8, 4) is 6.07 Å². The third-order valence-electron chi connectivity index (χ3n) is 1.00. The maximum Gasteiger partial charge on any atom is 0.265 e. The average molecular weight is 175 g/mol. The van der Waals surface area contributed by atoms with Gasteiger partial charge < -0.3 is 0 Å². The molecular formula is C6H9NO3S. The van der Waals surface area contributed by atoms with Crippen LogP contribution in [0.4, 0.5) is 0 Å². The Morgan fingerprint density at radius 1 is 1.73 bits per heavy atom. The number of hydrogen-bond donors (Lipinski definition) is 1. The summed E-state index contributed by atoms with van der Waals surface area (Å²) in [5, 5.41) is 8.23. The van der Waals surface area contributed by atoms with Crippen molar-refractivity contribution in [3.05, 3.63) is 11.6 Å². The molecule has 0 atom stereocenters. The molecule has 0 spiro atoms. The van der Waals surface area contributed by atoms with Crippen LogP contribution < -0.4 is 0 Å². The minimum Gasteiger partial charge on any atom is -0.286 e. The number of rotatable bonds is 3. The quantitative estimate of drug-likeness (QED) is 0.506. The Hall–Kier alpha value is -0.860. The molecule has 0 aromatic rings. The maximum absolute atomic E-state index is 10.1. The highest BCUT2D eigenvalue weighted by Crippen LogP contribution is 1.95. The zero-order valence-electron chi connectivity index (χ0n) is 6.11. The van der Waals surface area contributed by atoms with Crippen LogP contribution >= 0.6 is 0 Å². The average Bonchev–Trinajstić information content (AvgIpc) is 1.85. The van der Waals surface area contributed by atoms with Gasteiger partial charge in [-0.05, 0) is 13.3 Å². The second-order valence-electron chi connectivity index (χ2n) is 2.07. The van der Waals surface area contributed by atoms with E-state index in [1.807, 2.05) is 6.07 Å². The number of allylic oxidation sites excluding steroid dienone is 2. The van der Waals surface area contributed by atoms with E-state index < -0.39 is 10.1 Å². The largest absolute Gasteiger partial charge is 0.286 e.